The zero-order valence-electron chi connectivity index (χ0n) is 19.3. The highest BCUT2D eigenvalue weighted by Gasteiger charge is 2.64. The molecule has 36 heavy (non-hydrogen) atoms. The van der Waals surface area contributed by atoms with Crippen LogP contribution in [0.25, 0.3) is 5.69 Å². The molecule has 192 valence electrons. The van der Waals surface area contributed by atoms with Gasteiger partial charge < -0.3 is 20.9 Å². The fourth-order valence-electron chi connectivity index (χ4n) is 4.76. The lowest BCUT2D eigenvalue weighted by Gasteiger charge is -2.48. The van der Waals surface area contributed by atoms with E-state index in [-0.39, 0.29) is 33.9 Å². The number of pyridine rings is 1. The second kappa shape index (κ2) is 8.43. The SMILES string of the molecule is COc1c(F)ccc2c1C(C)(C)CC(O)(C(F)(F)F)C2NC(=O)c1cnn(-c2ccnc(F)c2)c1N. The van der Waals surface area contributed by atoms with E-state index in [2.05, 4.69) is 15.4 Å². The van der Waals surface area contributed by atoms with Crippen LogP contribution in [0.15, 0.2) is 36.7 Å². The summed E-state index contributed by atoms with van der Waals surface area (Å²) in [6, 6.07) is 2.29. The first-order valence-electron chi connectivity index (χ1n) is 10.6. The third kappa shape index (κ3) is 3.92. The quantitative estimate of drug-likeness (QED) is 0.364. The van der Waals surface area contributed by atoms with Crippen LogP contribution in [0.5, 0.6) is 5.75 Å². The summed E-state index contributed by atoms with van der Waals surface area (Å²) in [5, 5.41) is 17.1. The van der Waals surface area contributed by atoms with E-state index in [4.69, 9.17) is 10.5 Å². The molecule has 1 amide bonds. The number of fused-ring (bicyclic) bond motifs is 1. The van der Waals surface area contributed by atoms with E-state index in [0.717, 1.165) is 35.3 Å². The van der Waals surface area contributed by atoms with Gasteiger partial charge in [-0.05, 0) is 29.5 Å². The Morgan fingerprint density at radius 2 is 1.97 bits per heavy atom. The molecule has 0 spiro atoms. The van der Waals surface area contributed by atoms with Gasteiger partial charge in [0.25, 0.3) is 5.91 Å². The Bertz CT molecular complexity index is 1340. The van der Waals surface area contributed by atoms with Crippen molar-refractivity contribution < 1.29 is 36.6 Å². The first-order chi connectivity index (χ1) is 16.7. The molecule has 1 aromatic carbocycles. The van der Waals surface area contributed by atoms with Gasteiger partial charge >= 0.3 is 6.18 Å². The Hall–Kier alpha value is -3.74. The number of nitrogens with zero attached hydrogens (tertiary/aromatic N) is 3. The largest absolute Gasteiger partial charge is 0.493 e. The molecule has 2 atom stereocenters. The number of alkyl halides is 3. The summed E-state index contributed by atoms with van der Waals surface area (Å²) in [6.07, 6.45) is -3.94. The van der Waals surface area contributed by atoms with Crippen molar-refractivity contribution in [3.8, 4) is 11.4 Å². The lowest BCUT2D eigenvalue weighted by Crippen LogP contribution is -2.60. The third-order valence-electron chi connectivity index (χ3n) is 6.29. The average Bonchev–Trinajstić information content (AvgIpc) is 3.16. The highest BCUT2D eigenvalue weighted by molar-refractivity contribution is 5.98. The molecule has 8 nitrogen and oxygen atoms in total. The summed E-state index contributed by atoms with van der Waals surface area (Å²) in [6.45, 7) is 2.83. The van der Waals surface area contributed by atoms with Crippen molar-refractivity contribution in [3.05, 3.63) is 65.1 Å². The second-order valence-electron chi connectivity index (χ2n) is 9.13. The number of rotatable bonds is 4. The molecule has 13 heteroatoms. The number of ether oxygens (including phenoxy) is 1. The predicted molar refractivity (Wildman–Crippen MR) is 118 cm³/mol. The number of methoxy groups -OCH3 is 1. The number of halogens is 5. The summed E-state index contributed by atoms with van der Waals surface area (Å²) in [4.78, 5) is 16.5. The molecular formula is C23H22F5N5O3. The number of aromatic nitrogens is 3. The normalized spacial score (nSPS) is 21.1. The molecule has 4 N–H and O–H groups in total. The maximum atomic E-state index is 14.5. The van der Waals surface area contributed by atoms with Crippen LogP contribution < -0.4 is 15.8 Å². The highest BCUT2D eigenvalue weighted by Crippen LogP contribution is 2.55. The van der Waals surface area contributed by atoms with Crippen LogP contribution in [0.4, 0.5) is 27.8 Å². The number of anilines is 1. The molecule has 2 heterocycles. The van der Waals surface area contributed by atoms with Crippen molar-refractivity contribution in [2.45, 2.75) is 43.5 Å². The van der Waals surface area contributed by atoms with E-state index in [1.165, 1.54) is 27.0 Å². The zero-order valence-corrected chi connectivity index (χ0v) is 19.3. The van der Waals surface area contributed by atoms with Crippen molar-refractivity contribution in [2.75, 3.05) is 12.8 Å². The number of benzene rings is 1. The lowest BCUT2D eigenvalue weighted by molar-refractivity contribution is -0.280. The Balaban J connectivity index is 1.82. The molecule has 0 fully saturated rings. The molecule has 0 saturated carbocycles. The molecular weight excluding hydrogens is 489 g/mol. The van der Waals surface area contributed by atoms with E-state index in [1.54, 1.807) is 0 Å². The summed E-state index contributed by atoms with van der Waals surface area (Å²) >= 11 is 0. The molecule has 0 saturated heterocycles. The smallest absolute Gasteiger partial charge is 0.419 e. The first kappa shape index (κ1) is 25.4. The summed E-state index contributed by atoms with van der Waals surface area (Å²) in [7, 11) is 1.17. The van der Waals surface area contributed by atoms with Crippen LogP contribution in [-0.4, -0.2) is 44.7 Å². The molecule has 1 aliphatic carbocycles. The average molecular weight is 511 g/mol. The summed E-state index contributed by atoms with van der Waals surface area (Å²) < 4.78 is 77.0. The van der Waals surface area contributed by atoms with Gasteiger partial charge in [0.2, 0.25) is 5.95 Å². The van der Waals surface area contributed by atoms with Crippen molar-refractivity contribution in [2.24, 2.45) is 0 Å². The van der Waals surface area contributed by atoms with Crippen molar-refractivity contribution >= 4 is 11.7 Å². The minimum atomic E-state index is -5.17. The second-order valence-corrected chi connectivity index (χ2v) is 9.13. The summed E-state index contributed by atoms with van der Waals surface area (Å²) in [5.41, 5.74) is 0.905. The molecule has 2 aromatic heterocycles. The molecule has 2 unspecified atom stereocenters. The molecule has 1 aliphatic rings. The Morgan fingerprint density at radius 3 is 2.58 bits per heavy atom. The number of amides is 1. The molecule has 0 radical (unpaired) electrons. The minimum absolute atomic E-state index is 0.0835. The van der Waals surface area contributed by atoms with E-state index in [0.29, 0.717) is 0 Å². The maximum absolute atomic E-state index is 14.5. The first-order valence-corrected chi connectivity index (χ1v) is 10.6. The van der Waals surface area contributed by atoms with Gasteiger partial charge in [0.15, 0.2) is 17.2 Å². The zero-order chi connectivity index (χ0) is 26.6. The van der Waals surface area contributed by atoms with Crippen LogP contribution >= 0.6 is 0 Å². The van der Waals surface area contributed by atoms with Crippen LogP contribution in [0.1, 0.15) is 47.8 Å². The predicted octanol–water partition coefficient (Wildman–Crippen LogP) is 3.58. The van der Waals surface area contributed by atoms with E-state index >= 15 is 0 Å². The highest BCUT2D eigenvalue weighted by atomic mass is 19.4. The molecule has 0 aliphatic heterocycles. The Kier molecular flexibility index (Phi) is 5.94. The van der Waals surface area contributed by atoms with Crippen molar-refractivity contribution in [3.63, 3.8) is 0 Å². The topological polar surface area (TPSA) is 115 Å². The minimum Gasteiger partial charge on any atom is -0.493 e. The van der Waals surface area contributed by atoms with Gasteiger partial charge in [-0.1, -0.05) is 19.9 Å². The van der Waals surface area contributed by atoms with E-state index in [9.17, 15) is 31.9 Å². The van der Waals surface area contributed by atoms with Crippen LogP contribution in [0.3, 0.4) is 0 Å². The van der Waals surface area contributed by atoms with Crippen LogP contribution in [-0.2, 0) is 5.41 Å². The van der Waals surface area contributed by atoms with Crippen molar-refractivity contribution in [1.82, 2.24) is 20.1 Å². The third-order valence-corrected chi connectivity index (χ3v) is 6.29. The number of aliphatic hydroxyl groups is 1. The van der Waals surface area contributed by atoms with Crippen molar-refractivity contribution in [1.29, 1.82) is 0 Å². The summed E-state index contributed by atoms with van der Waals surface area (Å²) in [5.74, 6) is -3.31. The number of nitrogens with two attached hydrogens (primary N) is 1. The van der Waals surface area contributed by atoms with Gasteiger partial charge in [-0.3, -0.25) is 4.79 Å². The van der Waals surface area contributed by atoms with Gasteiger partial charge in [-0.2, -0.15) is 22.7 Å². The van der Waals surface area contributed by atoms with Gasteiger partial charge in [0.1, 0.15) is 11.4 Å². The van der Waals surface area contributed by atoms with Gasteiger partial charge in [-0.25, -0.2) is 14.1 Å². The monoisotopic (exact) mass is 511 g/mol. The van der Waals surface area contributed by atoms with Crippen LogP contribution in [0.2, 0.25) is 0 Å². The molecule has 0 bridgehead atoms. The number of nitrogen functional groups attached to an aromatic ring is 1. The number of hydrogen-bond donors (Lipinski definition) is 3. The Labute approximate surface area is 201 Å². The fraction of sp³-hybridized carbons (Fsp3) is 0.348. The number of nitrogens with one attached hydrogen (secondary N) is 1. The van der Waals surface area contributed by atoms with E-state index < -0.39 is 47.3 Å². The Morgan fingerprint density at radius 1 is 1.28 bits per heavy atom. The van der Waals surface area contributed by atoms with Gasteiger partial charge in [0.05, 0.1) is 25.0 Å². The standard InChI is InChI=1S/C23H22F5N5O3/c1-21(2)10-22(35,23(26,27)28)18(12-4-5-14(24)17(36-3)16(12)21)32-20(34)13-9-31-33(19(13)29)11-6-7-30-15(25)8-11/h4-9,18,35H,10,29H2,1-3H3,(H,32,34). The number of carbonyl (C=O) groups is 1. The van der Waals surface area contributed by atoms with E-state index in [1.807, 2.05) is 0 Å². The number of hydrogen-bond acceptors (Lipinski definition) is 6. The van der Waals surface area contributed by atoms with Crippen LogP contribution in [0, 0.1) is 11.8 Å². The van der Waals surface area contributed by atoms with Gasteiger partial charge in [0, 0.05) is 17.8 Å². The fourth-order valence-corrected chi connectivity index (χ4v) is 4.76. The maximum Gasteiger partial charge on any atom is 0.419 e. The van der Waals surface area contributed by atoms with Gasteiger partial charge in [-0.15, -0.1) is 0 Å². The molecule has 3 aromatic rings. The number of carbonyl (C=O) groups excluding carboxylic acids is 1. The molecule has 4 rings (SSSR count). The lowest BCUT2D eigenvalue weighted by atomic mass is 9.63.